The summed E-state index contributed by atoms with van der Waals surface area (Å²) in [5.41, 5.74) is 0.609. The van der Waals surface area contributed by atoms with Crippen molar-refractivity contribution in [2.24, 2.45) is 17.3 Å². The molecule has 0 radical (unpaired) electrons. The Bertz CT molecular complexity index is 133. The average Bonchev–Trinajstić information content (AvgIpc) is 1.99. The van der Waals surface area contributed by atoms with E-state index in [0.717, 1.165) is 11.8 Å². The van der Waals surface area contributed by atoms with E-state index in [-0.39, 0.29) is 0 Å². The predicted molar refractivity (Wildman–Crippen MR) is 55.2 cm³/mol. The van der Waals surface area contributed by atoms with E-state index >= 15 is 0 Å². The Morgan fingerprint density at radius 2 is 2.00 bits per heavy atom. The summed E-state index contributed by atoms with van der Waals surface area (Å²) in [6.07, 6.45) is 7.20. The van der Waals surface area contributed by atoms with Gasteiger partial charge in [-0.1, -0.05) is 53.4 Å². The molecule has 0 unspecified atom stereocenters. The summed E-state index contributed by atoms with van der Waals surface area (Å²) in [6.45, 7) is 9.66. The Morgan fingerprint density at radius 3 is 2.58 bits per heavy atom. The van der Waals surface area contributed by atoms with Gasteiger partial charge in [0.15, 0.2) is 0 Å². The lowest BCUT2D eigenvalue weighted by Gasteiger charge is -2.42. The fourth-order valence-electron chi connectivity index (χ4n) is 2.70. The third-order valence-electron chi connectivity index (χ3n) is 4.00. The Hall–Kier alpha value is 0. The van der Waals surface area contributed by atoms with Crippen molar-refractivity contribution in [1.29, 1.82) is 0 Å². The number of rotatable bonds is 2. The van der Waals surface area contributed by atoms with Crippen molar-refractivity contribution in [2.75, 3.05) is 0 Å². The minimum Gasteiger partial charge on any atom is -0.0654 e. The molecule has 1 aliphatic carbocycles. The molecule has 72 valence electrons. The summed E-state index contributed by atoms with van der Waals surface area (Å²) in [5, 5.41) is 0. The van der Waals surface area contributed by atoms with Crippen molar-refractivity contribution in [1.82, 2.24) is 0 Å². The maximum atomic E-state index is 2.46. The minimum atomic E-state index is 0.609. The topological polar surface area (TPSA) is 0 Å². The molecular weight excluding hydrogens is 144 g/mol. The van der Waals surface area contributed by atoms with Gasteiger partial charge >= 0.3 is 0 Å². The van der Waals surface area contributed by atoms with Crippen LogP contribution in [0.4, 0.5) is 0 Å². The Morgan fingerprint density at radius 1 is 1.33 bits per heavy atom. The van der Waals surface area contributed by atoms with Gasteiger partial charge in [0.25, 0.3) is 0 Å². The Labute approximate surface area is 77.7 Å². The maximum absolute atomic E-state index is 2.46. The molecule has 0 aliphatic heterocycles. The molecule has 0 amide bonds. The molecule has 12 heavy (non-hydrogen) atoms. The van der Waals surface area contributed by atoms with Crippen LogP contribution in [0.1, 0.15) is 59.8 Å². The maximum Gasteiger partial charge on any atom is -0.0326 e. The van der Waals surface area contributed by atoms with E-state index in [2.05, 4.69) is 27.7 Å². The van der Waals surface area contributed by atoms with Crippen LogP contribution in [0.3, 0.4) is 0 Å². The second-order valence-corrected chi connectivity index (χ2v) is 5.22. The fraction of sp³-hybridized carbons (Fsp3) is 1.00. The van der Waals surface area contributed by atoms with Gasteiger partial charge in [-0.25, -0.2) is 0 Å². The van der Waals surface area contributed by atoms with Crippen molar-refractivity contribution < 1.29 is 0 Å². The van der Waals surface area contributed by atoms with E-state index in [1.165, 1.54) is 32.1 Å². The first-order chi connectivity index (χ1) is 5.58. The van der Waals surface area contributed by atoms with E-state index < -0.39 is 0 Å². The van der Waals surface area contributed by atoms with Gasteiger partial charge in [0.05, 0.1) is 0 Å². The smallest absolute Gasteiger partial charge is 0.0326 e. The highest BCUT2D eigenvalue weighted by atomic mass is 14.4. The molecular formula is C12H24. The summed E-state index contributed by atoms with van der Waals surface area (Å²) in [4.78, 5) is 0. The molecule has 1 fully saturated rings. The first kappa shape index (κ1) is 10.1. The highest BCUT2D eigenvalue weighted by Gasteiger charge is 2.34. The molecule has 0 saturated heterocycles. The molecule has 0 aromatic carbocycles. The molecule has 0 aromatic heterocycles. The van der Waals surface area contributed by atoms with Gasteiger partial charge in [0.1, 0.15) is 0 Å². The van der Waals surface area contributed by atoms with Crippen molar-refractivity contribution in [3.63, 3.8) is 0 Å². The molecule has 0 nitrogen and oxygen atoms in total. The molecule has 0 spiro atoms. The van der Waals surface area contributed by atoms with Gasteiger partial charge in [-0.3, -0.25) is 0 Å². The van der Waals surface area contributed by atoms with Crippen molar-refractivity contribution in [2.45, 2.75) is 59.8 Å². The third-order valence-corrected chi connectivity index (χ3v) is 4.00. The highest BCUT2D eigenvalue weighted by Crippen LogP contribution is 2.45. The third kappa shape index (κ3) is 2.02. The van der Waals surface area contributed by atoms with E-state index in [4.69, 9.17) is 0 Å². The molecule has 0 bridgehead atoms. The first-order valence-corrected chi connectivity index (χ1v) is 5.58. The zero-order chi connectivity index (χ0) is 9.19. The number of hydrogen-bond donors (Lipinski definition) is 0. The van der Waals surface area contributed by atoms with Gasteiger partial charge < -0.3 is 0 Å². The summed E-state index contributed by atoms with van der Waals surface area (Å²) in [5.74, 6) is 1.95. The number of hydrogen-bond acceptors (Lipinski definition) is 0. The van der Waals surface area contributed by atoms with Crippen LogP contribution in [0.15, 0.2) is 0 Å². The Balaban J connectivity index is 2.54. The average molecular weight is 168 g/mol. The SMILES string of the molecule is CCC[C@H]1CCCC(C)(C)[C@@H]1C. The van der Waals surface area contributed by atoms with Crippen molar-refractivity contribution in [3.8, 4) is 0 Å². The van der Waals surface area contributed by atoms with Gasteiger partial charge in [-0.15, -0.1) is 0 Å². The van der Waals surface area contributed by atoms with E-state index in [9.17, 15) is 0 Å². The second-order valence-electron chi connectivity index (χ2n) is 5.22. The van der Waals surface area contributed by atoms with Crippen LogP contribution in [-0.2, 0) is 0 Å². The zero-order valence-corrected chi connectivity index (χ0v) is 9.19. The van der Waals surface area contributed by atoms with Crippen molar-refractivity contribution >= 4 is 0 Å². The first-order valence-electron chi connectivity index (χ1n) is 5.58. The van der Waals surface area contributed by atoms with E-state index in [1.54, 1.807) is 0 Å². The molecule has 2 atom stereocenters. The van der Waals surface area contributed by atoms with Crippen LogP contribution in [0.25, 0.3) is 0 Å². The second kappa shape index (κ2) is 3.81. The summed E-state index contributed by atoms with van der Waals surface area (Å²) in [6, 6.07) is 0. The minimum absolute atomic E-state index is 0.609. The summed E-state index contributed by atoms with van der Waals surface area (Å²) >= 11 is 0. The summed E-state index contributed by atoms with van der Waals surface area (Å²) in [7, 11) is 0. The Kier molecular flexibility index (Phi) is 3.20. The molecule has 0 heteroatoms. The molecule has 1 aliphatic rings. The monoisotopic (exact) mass is 168 g/mol. The predicted octanol–water partition coefficient (Wildman–Crippen LogP) is 4.25. The van der Waals surface area contributed by atoms with Gasteiger partial charge in [0, 0.05) is 0 Å². The van der Waals surface area contributed by atoms with Crippen molar-refractivity contribution in [3.05, 3.63) is 0 Å². The largest absolute Gasteiger partial charge is 0.0654 e. The van der Waals surface area contributed by atoms with E-state index in [1.807, 2.05) is 0 Å². The van der Waals surface area contributed by atoms with Crippen LogP contribution in [0.2, 0.25) is 0 Å². The van der Waals surface area contributed by atoms with E-state index in [0.29, 0.717) is 5.41 Å². The normalized spacial score (nSPS) is 35.0. The van der Waals surface area contributed by atoms with Gasteiger partial charge in [-0.2, -0.15) is 0 Å². The lowest BCUT2D eigenvalue weighted by atomic mass is 9.63. The van der Waals surface area contributed by atoms with Crippen LogP contribution < -0.4 is 0 Å². The standard InChI is InChI=1S/C12H24/c1-5-7-11-8-6-9-12(3,4)10(11)2/h10-11H,5-9H2,1-4H3/t10-,11+/m1/s1. The zero-order valence-electron chi connectivity index (χ0n) is 9.19. The summed E-state index contributed by atoms with van der Waals surface area (Å²) < 4.78 is 0. The molecule has 0 aromatic rings. The molecule has 0 N–H and O–H groups in total. The fourth-order valence-corrected chi connectivity index (χ4v) is 2.70. The lowest BCUT2D eigenvalue weighted by molar-refractivity contribution is 0.0836. The van der Waals surface area contributed by atoms with Crippen LogP contribution in [-0.4, -0.2) is 0 Å². The van der Waals surface area contributed by atoms with Gasteiger partial charge in [-0.05, 0) is 23.7 Å². The molecule has 0 heterocycles. The highest BCUT2D eigenvalue weighted by molar-refractivity contribution is 4.85. The quantitative estimate of drug-likeness (QED) is 0.578. The van der Waals surface area contributed by atoms with Gasteiger partial charge in [0.2, 0.25) is 0 Å². The van der Waals surface area contributed by atoms with Crippen LogP contribution >= 0.6 is 0 Å². The molecule has 1 rings (SSSR count). The van der Waals surface area contributed by atoms with Crippen LogP contribution in [0.5, 0.6) is 0 Å². The van der Waals surface area contributed by atoms with Crippen LogP contribution in [0, 0.1) is 17.3 Å². The lowest BCUT2D eigenvalue weighted by Crippen LogP contribution is -2.32. The molecule has 1 saturated carbocycles.